The Balaban J connectivity index is 2.89. The molecule has 0 aromatic heterocycles. The van der Waals surface area contributed by atoms with Gasteiger partial charge in [0.25, 0.3) is 5.24 Å². The number of halogens is 3. The Morgan fingerprint density at radius 3 is 2.71 bits per heavy atom. The summed E-state index contributed by atoms with van der Waals surface area (Å²) in [5, 5.41) is -0.440. The summed E-state index contributed by atoms with van der Waals surface area (Å²) >= 11 is 14.3. The molecule has 0 radical (unpaired) electrons. The molecule has 14 heavy (non-hydrogen) atoms. The predicted molar refractivity (Wildman–Crippen MR) is 63.4 cm³/mol. The van der Waals surface area contributed by atoms with Crippen LogP contribution in [0.15, 0.2) is 22.7 Å². The minimum atomic E-state index is -0.440. The van der Waals surface area contributed by atoms with E-state index in [9.17, 15) is 4.79 Å². The van der Waals surface area contributed by atoms with Crippen molar-refractivity contribution < 1.29 is 4.79 Å². The molecule has 1 rings (SSSR count). The Morgan fingerprint density at radius 2 is 2.14 bits per heavy atom. The molecule has 0 bridgehead atoms. The molecule has 0 spiro atoms. The van der Waals surface area contributed by atoms with E-state index in [2.05, 4.69) is 15.9 Å². The fraction of sp³-hybridized carbons (Fsp3) is 0.300. The molecular formula is C10H9BrCl2O. The summed E-state index contributed by atoms with van der Waals surface area (Å²) in [4.78, 5) is 11.0. The van der Waals surface area contributed by atoms with Crippen LogP contribution in [0.2, 0.25) is 0 Å². The van der Waals surface area contributed by atoms with Crippen molar-refractivity contribution >= 4 is 44.4 Å². The number of carbonyl (C=O) groups excluding carboxylic acids is 1. The van der Waals surface area contributed by atoms with E-state index in [1.54, 1.807) is 6.07 Å². The van der Waals surface area contributed by atoms with E-state index in [1.807, 2.05) is 12.1 Å². The minimum Gasteiger partial charge on any atom is -0.276 e. The molecule has 0 heterocycles. The predicted octanol–water partition coefficient (Wildman–Crippen LogP) is 4.00. The van der Waals surface area contributed by atoms with Gasteiger partial charge in [0.15, 0.2) is 0 Å². The largest absolute Gasteiger partial charge is 0.276 e. The molecule has 1 nitrogen and oxygen atoms in total. The number of alkyl halides is 1. The Labute approximate surface area is 102 Å². The highest BCUT2D eigenvalue weighted by molar-refractivity contribution is 9.10. The third kappa shape index (κ3) is 3.26. The third-order valence-corrected chi connectivity index (χ3v) is 3.00. The third-order valence-electron chi connectivity index (χ3n) is 1.84. The summed E-state index contributed by atoms with van der Waals surface area (Å²) in [5.74, 6) is 0.625. The number of aryl methyl sites for hydroxylation is 1. The maximum absolute atomic E-state index is 11.0. The minimum absolute atomic E-state index is 0.440. The van der Waals surface area contributed by atoms with Crippen LogP contribution in [0.25, 0.3) is 0 Å². The summed E-state index contributed by atoms with van der Waals surface area (Å²) in [6.07, 6.45) is 1.77. The summed E-state index contributed by atoms with van der Waals surface area (Å²) in [6.45, 7) is 0. The topological polar surface area (TPSA) is 17.1 Å². The molecule has 0 saturated carbocycles. The molecule has 0 aliphatic rings. The van der Waals surface area contributed by atoms with Gasteiger partial charge in [-0.25, -0.2) is 0 Å². The summed E-state index contributed by atoms with van der Waals surface area (Å²) < 4.78 is 0.729. The summed E-state index contributed by atoms with van der Waals surface area (Å²) in [7, 11) is 0. The molecular weight excluding hydrogens is 287 g/mol. The summed E-state index contributed by atoms with van der Waals surface area (Å²) in [6, 6.07) is 5.59. The molecule has 4 heteroatoms. The number of benzene rings is 1. The molecule has 0 atom stereocenters. The van der Waals surface area contributed by atoms with E-state index in [0.29, 0.717) is 11.4 Å². The van der Waals surface area contributed by atoms with Crippen LogP contribution in [-0.4, -0.2) is 11.1 Å². The Bertz CT molecular complexity index is 339. The molecule has 0 aliphatic heterocycles. The maximum Gasteiger partial charge on any atom is 0.253 e. The average Bonchev–Trinajstić information content (AvgIpc) is 2.16. The van der Waals surface area contributed by atoms with Crippen molar-refractivity contribution in [3.8, 4) is 0 Å². The highest BCUT2D eigenvalue weighted by atomic mass is 79.9. The van der Waals surface area contributed by atoms with Gasteiger partial charge in [-0.15, -0.1) is 11.6 Å². The van der Waals surface area contributed by atoms with Crippen LogP contribution in [-0.2, 0) is 6.42 Å². The van der Waals surface area contributed by atoms with E-state index in [4.69, 9.17) is 23.2 Å². The van der Waals surface area contributed by atoms with E-state index in [0.717, 1.165) is 22.9 Å². The molecule has 0 aliphatic carbocycles. The van der Waals surface area contributed by atoms with Gasteiger partial charge in [-0.2, -0.15) is 0 Å². The highest BCUT2D eigenvalue weighted by Gasteiger charge is 2.07. The monoisotopic (exact) mass is 294 g/mol. The normalized spacial score (nSPS) is 10.2. The highest BCUT2D eigenvalue weighted by Crippen LogP contribution is 2.20. The van der Waals surface area contributed by atoms with Gasteiger partial charge in [-0.1, -0.05) is 6.07 Å². The average molecular weight is 296 g/mol. The second kappa shape index (κ2) is 5.74. The van der Waals surface area contributed by atoms with Crippen molar-refractivity contribution in [1.82, 2.24) is 0 Å². The summed E-state index contributed by atoms with van der Waals surface area (Å²) in [5.41, 5.74) is 1.59. The lowest BCUT2D eigenvalue weighted by molar-refractivity contribution is 0.108. The number of hydrogen-bond donors (Lipinski definition) is 0. The van der Waals surface area contributed by atoms with Gasteiger partial charge in [0.2, 0.25) is 0 Å². The molecule has 0 saturated heterocycles. The standard InChI is InChI=1S/C10H9BrCl2O/c11-9-4-3-7(2-1-5-12)6-8(9)10(13)14/h3-4,6H,1-2,5H2. The van der Waals surface area contributed by atoms with Crippen molar-refractivity contribution in [2.24, 2.45) is 0 Å². The molecule has 1 aromatic rings. The van der Waals surface area contributed by atoms with Crippen LogP contribution in [0.5, 0.6) is 0 Å². The molecule has 0 unspecified atom stereocenters. The van der Waals surface area contributed by atoms with Gasteiger partial charge in [0.1, 0.15) is 0 Å². The van der Waals surface area contributed by atoms with Crippen molar-refractivity contribution in [3.63, 3.8) is 0 Å². The smallest absolute Gasteiger partial charge is 0.253 e. The number of carbonyl (C=O) groups is 1. The van der Waals surface area contributed by atoms with Gasteiger partial charge >= 0.3 is 0 Å². The Hall–Kier alpha value is -0.0500. The molecule has 1 aromatic carbocycles. The Kier molecular flexibility index (Phi) is 4.93. The fourth-order valence-electron chi connectivity index (χ4n) is 1.15. The van der Waals surface area contributed by atoms with Crippen LogP contribution in [0.3, 0.4) is 0 Å². The number of rotatable bonds is 4. The zero-order chi connectivity index (χ0) is 10.6. The SMILES string of the molecule is O=C(Cl)c1cc(CCCCl)ccc1Br. The molecule has 0 N–H and O–H groups in total. The van der Waals surface area contributed by atoms with Crippen LogP contribution >= 0.6 is 39.1 Å². The van der Waals surface area contributed by atoms with Crippen LogP contribution < -0.4 is 0 Å². The van der Waals surface area contributed by atoms with Crippen molar-refractivity contribution in [2.45, 2.75) is 12.8 Å². The van der Waals surface area contributed by atoms with Gasteiger partial charge in [0.05, 0.1) is 0 Å². The quantitative estimate of drug-likeness (QED) is 0.606. The molecule has 0 fully saturated rings. The van der Waals surface area contributed by atoms with E-state index >= 15 is 0 Å². The second-order valence-electron chi connectivity index (χ2n) is 2.88. The van der Waals surface area contributed by atoms with Crippen molar-refractivity contribution in [2.75, 3.05) is 5.88 Å². The first-order valence-electron chi connectivity index (χ1n) is 4.19. The van der Waals surface area contributed by atoms with Gasteiger partial charge in [-0.3, -0.25) is 4.79 Å². The lowest BCUT2D eigenvalue weighted by Gasteiger charge is -2.03. The molecule has 0 amide bonds. The molecule has 76 valence electrons. The first-order valence-corrected chi connectivity index (χ1v) is 5.90. The lowest BCUT2D eigenvalue weighted by atomic mass is 10.1. The number of hydrogen-bond acceptors (Lipinski definition) is 1. The zero-order valence-corrected chi connectivity index (χ0v) is 10.5. The van der Waals surface area contributed by atoms with Crippen LogP contribution in [0, 0.1) is 0 Å². The first kappa shape index (κ1) is 12.0. The van der Waals surface area contributed by atoms with Crippen molar-refractivity contribution in [1.29, 1.82) is 0 Å². The lowest BCUT2D eigenvalue weighted by Crippen LogP contribution is -1.94. The van der Waals surface area contributed by atoms with Crippen LogP contribution in [0.4, 0.5) is 0 Å². The van der Waals surface area contributed by atoms with Gasteiger partial charge < -0.3 is 0 Å². The maximum atomic E-state index is 11.0. The first-order chi connectivity index (χ1) is 6.65. The van der Waals surface area contributed by atoms with Gasteiger partial charge in [0, 0.05) is 15.9 Å². The second-order valence-corrected chi connectivity index (χ2v) is 4.46. The van der Waals surface area contributed by atoms with E-state index in [-0.39, 0.29) is 0 Å². The van der Waals surface area contributed by atoms with E-state index in [1.165, 1.54) is 0 Å². The van der Waals surface area contributed by atoms with Gasteiger partial charge in [-0.05, 0) is 58.1 Å². The zero-order valence-electron chi connectivity index (χ0n) is 7.40. The van der Waals surface area contributed by atoms with Crippen molar-refractivity contribution in [3.05, 3.63) is 33.8 Å². The van der Waals surface area contributed by atoms with Crippen LogP contribution in [0.1, 0.15) is 22.3 Å². The van der Waals surface area contributed by atoms with E-state index < -0.39 is 5.24 Å². The Morgan fingerprint density at radius 1 is 1.43 bits per heavy atom. The fourth-order valence-corrected chi connectivity index (χ4v) is 1.98.